The van der Waals surface area contributed by atoms with Gasteiger partial charge in [-0.15, -0.1) is 0 Å². The Hall–Kier alpha value is -3.62. The first-order valence-corrected chi connectivity index (χ1v) is 10.9. The van der Waals surface area contributed by atoms with Crippen molar-refractivity contribution in [2.24, 2.45) is 0 Å². The lowest BCUT2D eigenvalue weighted by Gasteiger charge is -2.27. The number of ether oxygens (including phenoxy) is 1. The van der Waals surface area contributed by atoms with E-state index < -0.39 is 0 Å². The van der Waals surface area contributed by atoms with E-state index in [0.717, 1.165) is 34.8 Å². The molecule has 166 valence electrons. The van der Waals surface area contributed by atoms with Crippen molar-refractivity contribution in [3.63, 3.8) is 0 Å². The van der Waals surface area contributed by atoms with Gasteiger partial charge in [-0.3, -0.25) is 14.7 Å². The highest BCUT2D eigenvalue weighted by molar-refractivity contribution is 6.30. The summed E-state index contributed by atoms with van der Waals surface area (Å²) in [4.78, 5) is 35.1. The molecule has 0 atom stereocenters. The summed E-state index contributed by atoms with van der Waals surface area (Å²) in [5, 5.41) is 0.630. The van der Waals surface area contributed by atoms with Gasteiger partial charge in [0.05, 0.1) is 29.6 Å². The number of halogens is 1. The predicted molar refractivity (Wildman–Crippen MR) is 125 cm³/mol. The van der Waals surface area contributed by atoms with Gasteiger partial charge in [-0.05, 0) is 29.8 Å². The van der Waals surface area contributed by atoms with Crippen LogP contribution < -0.4 is 10.3 Å². The summed E-state index contributed by atoms with van der Waals surface area (Å²) in [7, 11) is 1.63. The second kappa shape index (κ2) is 9.09. The molecule has 0 aliphatic carbocycles. The van der Waals surface area contributed by atoms with Crippen LogP contribution in [0.1, 0.15) is 16.8 Å². The molecule has 0 unspecified atom stereocenters. The summed E-state index contributed by atoms with van der Waals surface area (Å²) in [6.45, 7) is 2.03. The number of nitrogens with one attached hydrogen (secondary N) is 1. The molecule has 0 saturated heterocycles. The quantitative estimate of drug-likeness (QED) is 0.486. The number of H-pyrrole nitrogens is 1. The highest BCUT2D eigenvalue weighted by Crippen LogP contribution is 2.31. The Balaban J connectivity index is 1.32. The van der Waals surface area contributed by atoms with E-state index >= 15 is 0 Å². The number of aromatic nitrogens is 5. The molecule has 1 aliphatic heterocycles. The molecule has 0 saturated carbocycles. The highest BCUT2D eigenvalue weighted by Gasteiger charge is 2.22. The summed E-state index contributed by atoms with van der Waals surface area (Å²) in [5.74, 6) is 1.23. The third-order valence-corrected chi connectivity index (χ3v) is 5.89. The van der Waals surface area contributed by atoms with Gasteiger partial charge in [0.1, 0.15) is 17.9 Å². The minimum Gasteiger partial charge on any atom is -0.496 e. The van der Waals surface area contributed by atoms with E-state index in [0.29, 0.717) is 41.5 Å². The minimum atomic E-state index is -0.120. The lowest BCUT2D eigenvalue weighted by molar-refractivity contribution is 0.241. The van der Waals surface area contributed by atoms with Gasteiger partial charge in [-0.1, -0.05) is 17.7 Å². The van der Waals surface area contributed by atoms with E-state index in [9.17, 15) is 4.79 Å². The Kier molecular flexibility index (Phi) is 5.85. The van der Waals surface area contributed by atoms with Gasteiger partial charge in [0, 0.05) is 55.2 Å². The zero-order valence-electron chi connectivity index (χ0n) is 18.0. The molecule has 9 heteroatoms. The SMILES string of the molecule is COc1ccc(Cl)cc1-c1ccc(CN2CCc3nc(-c4cncnc4)[nH]c(=O)c3C2)cn1. The number of nitrogens with zero attached hydrogens (tertiary/aromatic N) is 5. The van der Waals surface area contributed by atoms with Crippen LogP contribution in [0.5, 0.6) is 5.75 Å². The maximum absolute atomic E-state index is 12.7. The average molecular weight is 461 g/mol. The van der Waals surface area contributed by atoms with Crippen LogP contribution in [0.15, 0.2) is 60.0 Å². The van der Waals surface area contributed by atoms with Crippen molar-refractivity contribution in [1.29, 1.82) is 0 Å². The minimum absolute atomic E-state index is 0.120. The summed E-state index contributed by atoms with van der Waals surface area (Å²) < 4.78 is 5.44. The second-order valence-electron chi connectivity index (χ2n) is 7.82. The third kappa shape index (κ3) is 4.48. The predicted octanol–water partition coefficient (Wildman–Crippen LogP) is 3.51. The highest BCUT2D eigenvalue weighted by atomic mass is 35.5. The van der Waals surface area contributed by atoms with Crippen molar-refractivity contribution in [3.8, 4) is 28.4 Å². The molecule has 0 bridgehead atoms. The van der Waals surface area contributed by atoms with E-state index in [1.165, 1.54) is 6.33 Å². The van der Waals surface area contributed by atoms with Crippen molar-refractivity contribution in [2.75, 3.05) is 13.7 Å². The van der Waals surface area contributed by atoms with E-state index in [1.807, 2.05) is 30.5 Å². The maximum atomic E-state index is 12.7. The number of aromatic amines is 1. The summed E-state index contributed by atoms with van der Waals surface area (Å²) in [5.41, 5.74) is 4.81. The van der Waals surface area contributed by atoms with Crippen LogP contribution >= 0.6 is 11.6 Å². The molecule has 0 fully saturated rings. The van der Waals surface area contributed by atoms with Crippen molar-refractivity contribution in [1.82, 2.24) is 29.8 Å². The fourth-order valence-corrected chi connectivity index (χ4v) is 4.16. The van der Waals surface area contributed by atoms with Crippen LogP contribution in [0.25, 0.3) is 22.6 Å². The van der Waals surface area contributed by atoms with Gasteiger partial charge in [-0.2, -0.15) is 0 Å². The zero-order chi connectivity index (χ0) is 22.8. The van der Waals surface area contributed by atoms with E-state index in [4.69, 9.17) is 16.3 Å². The van der Waals surface area contributed by atoms with Crippen LogP contribution in [0.3, 0.4) is 0 Å². The van der Waals surface area contributed by atoms with Crippen LogP contribution in [0.4, 0.5) is 0 Å². The van der Waals surface area contributed by atoms with Crippen molar-refractivity contribution in [3.05, 3.63) is 87.4 Å². The van der Waals surface area contributed by atoms with E-state index in [-0.39, 0.29) is 5.56 Å². The molecule has 8 nitrogen and oxygen atoms in total. The number of fused-ring (bicyclic) bond motifs is 1. The largest absolute Gasteiger partial charge is 0.496 e. The number of hydrogen-bond donors (Lipinski definition) is 1. The Morgan fingerprint density at radius 2 is 2.00 bits per heavy atom. The monoisotopic (exact) mass is 460 g/mol. The molecular weight excluding hydrogens is 440 g/mol. The van der Waals surface area contributed by atoms with Crippen molar-refractivity contribution < 1.29 is 4.74 Å². The lowest BCUT2D eigenvalue weighted by Crippen LogP contribution is -2.35. The first-order chi connectivity index (χ1) is 16.1. The molecule has 1 N–H and O–H groups in total. The zero-order valence-corrected chi connectivity index (χ0v) is 18.7. The smallest absolute Gasteiger partial charge is 0.255 e. The van der Waals surface area contributed by atoms with Gasteiger partial charge in [0.2, 0.25) is 0 Å². The Morgan fingerprint density at radius 1 is 1.15 bits per heavy atom. The second-order valence-corrected chi connectivity index (χ2v) is 8.26. The Labute approximate surface area is 195 Å². The molecule has 0 amide bonds. The molecule has 0 spiro atoms. The van der Waals surface area contributed by atoms with Gasteiger partial charge in [0.25, 0.3) is 5.56 Å². The third-order valence-electron chi connectivity index (χ3n) is 5.65. The van der Waals surface area contributed by atoms with E-state index in [2.05, 4.69) is 29.8 Å². The van der Waals surface area contributed by atoms with Crippen molar-refractivity contribution in [2.45, 2.75) is 19.5 Å². The first-order valence-electron chi connectivity index (χ1n) is 10.5. The van der Waals surface area contributed by atoms with Gasteiger partial charge in [0.15, 0.2) is 0 Å². The maximum Gasteiger partial charge on any atom is 0.255 e. The van der Waals surface area contributed by atoms with Crippen LogP contribution in [0.2, 0.25) is 5.02 Å². The molecule has 1 aliphatic rings. The average Bonchev–Trinajstić information content (AvgIpc) is 2.85. The number of rotatable bonds is 5. The molecule has 5 rings (SSSR count). The molecule has 33 heavy (non-hydrogen) atoms. The summed E-state index contributed by atoms with van der Waals surface area (Å²) >= 11 is 6.15. The molecule has 4 aromatic rings. The van der Waals surface area contributed by atoms with Gasteiger partial charge >= 0.3 is 0 Å². The van der Waals surface area contributed by atoms with Crippen LogP contribution in [0, 0.1) is 0 Å². The van der Waals surface area contributed by atoms with Crippen molar-refractivity contribution >= 4 is 11.6 Å². The molecule has 3 aromatic heterocycles. The Bertz CT molecular complexity index is 1340. The molecular formula is C24H21ClN6O2. The Morgan fingerprint density at radius 3 is 2.76 bits per heavy atom. The summed E-state index contributed by atoms with van der Waals surface area (Å²) in [6, 6.07) is 9.47. The molecule has 4 heterocycles. The standard InChI is InChI=1S/C24H21ClN6O2/c1-33-22-5-3-17(25)8-18(22)20-4-2-15(9-28-20)12-31-7-6-21-19(13-31)24(32)30-23(29-21)16-10-26-14-27-11-16/h2-5,8-11,14H,6-7,12-13H2,1H3,(H,29,30,32). The molecule has 0 radical (unpaired) electrons. The lowest BCUT2D eigenvalue weighted by atomic mass is 10.1. The topological polar surface area (TPSA) is 96.9 Å². The molecule has 1 aromatic carbocycles. The number of pyridine rings is 1. The number of benzene rings is 1. The normalized spacial score (nSPS) is 13.5. The number of methoxy groups -OCH3 is 1. The van der Waals surface area contributed by atoms with E-state index in [1.54, 1.807) is 25.6 Å². The van der Waals surface area contributed by atoms with Gasteiger partial charge in [-0.25, -0.2) is 15.0 Å². The fourth-order valence-electron chi connectivity index (χ4n) is 3.99. The summed E-state index contributed by atoms with van der Waals surface area (Å²) in [6.07, 6.45) is 7.28. The van der Waals surface area contributed by atoms with Gasteiger partial charge < -0.3 is 9.72 Å². The fraction of sp³-hybridized carbons (Fsp3) is 0.208. The van der Waals surface area contributed by atoms with Crippen LogP contribution in [-0.2, 0) is 19.5 Å². The first kappa shape index (κ1) is 21.2. The van der Waals surface area contributed by atoms with Crippen LogP contribution in [-0.4, -0.2) is 43.5 Å². The number of hydrogen-bond acceptors (Lipinski definition) is 7.